The fraction of sp³-hybridized carbons (Fsp3) is 0.207. The lowest BCUT2D eigenvalue weighted by atomic mass is 9.33. The number of aryl methyl sites for hydroxylation is 12. The average molecular weight is 790 g/mol. The molecule has 1 heterocycles. The van der Waals surface area contributed by atoms with Gasteiger partial charge in [0.1, 0.15) is 0 Å². The molecule has 0 spiro atoms. The summed E-state index contributed by atoms with van der Waals surface area (Å²) < 4.78 is 0. The van der Waals surface area contributed by atoms with Crippen LogP contribution in [0.5, 0.6) is 0 Å². The molecule has 9 rings (SSSR count). The van der Waals surface area contributed by atoms with Gasteiger partial charge in [-0.05, 0) is 118 Å². The zero-order valence-corrected chi connectivity index (χ0v) is 38.2. The number of anilines is 3. The van der Waals surface area contributed by atoms with Crippen molar-refractivity contribution in [1.82, 2.24) is 0 Å². The van der Waals surface area contributed by atoms with E-state index >= 15 is 0 Å². The minimum atomic E-state index is 0.0715. The van der Waals surface area contributed by atoms with Crippen LogP contribution in [0.1, 0.15) is 66.8 Å². The molecule has 3 heteroatoms. The average Bonchev–Trinajstić information content (AvgIpc) is 3.18. The molecule has 0 saturated carbocycles. The summed E-state index contributed by atoms with van der Waals surface area (Å²) in [5.74, 6) is 0. The minimum absolute atomic E-state index is 0.0715. The first-order valence-corrected chi connectivity index (χ1v) is 22.1. The van der Waals surface area contributed by atoms with E-state index in [2.05, 4.69) is 215 Å². The van der Waals surface area contributed by atoms with Crippen molar-refractivity contribution in [1.29, 1.82) is 0 Å². The Morgan fingerprint density at radius 3 is 1.23 bits per heavy atom. The van der Waals surface area contributed by atoms with Crippen molar-refractivity contribution in [3.05, 3.63) is 194 Å². The van der Waals surface area contributed by atoms with Gasteiger partial charge in [-0.1, -0.05) is 203 Å². The summed E-state index contributed by atoms with van der Waals surface area (Å²) in [6, 6.07) is 49.2. The Balaban J connectivity index is 1.34. The van der Waals surface area contributed by atoms with Gasteiger partial charge in [-0.2, -0.15) is 0 Å². The number of nitrogens with zero attached hydrogens (tertiary/aromatic N) is 1. The third-order valence-corrected chi connectivity index (χ3v) is 13.6. The molecule has 0 atom stereocenters. The van der Waals surface area contributed by atoms with Gasteiger partial charge in [-0.25, -0.2) is 0 Å². The normalized spacial score (nSPS) is 11.9. The largest absolute Gasteiger partial charge is 0.309 e. The van der Waals surface area contributed by atoms with E-state index in [0.717, 1.165) is 0 Å². The van der Waals surface area contributed by atoms with Gasteiger partial charge in [0.05, 0.1) is 11.4 Å². The molecule has 0 bridgehead atoms. The van der Waals surface area contributed by atoms with Crippen molar-refractivity contribution in [3.8, 4) is 11.1 Å². The van der Waals surface area contributed by atoms with E-state index < -0.39 is 0 Å². The van der Waals surface area contributed by atoms with Crippen molar-refractivity contribution < 1.29 is 0 Å². The Labute approximate surface area is 365 Å². The third kappa shape index (κ3) is 6.84. The van der Waals surface area contributed by atoms with Gasteiger partial charge in [-0.15, -0.1) is 0 Å². The third-order valence-electron chi connectivity index (χ3n) is 13.6. The van der Waals surface area contributed by atoms with Crippen LogP contribution in [0.3, 0.4) is 0 Å². The summed E-state index contributed by atoms with van der Waals surface area (Å²) >= 11 is 0. The number of rotatable bonds is 7. The summed E-state index contributed by atoms with van der Waals surface area (Å²) in [5, 5.41) is 2.62. The monoisotopic (exact) mass is 789 g/mol. The molecule has 1 aliphatic rings. The lowest BCUT2D eigenvalue weighted by Crippen LogP contribution is -2.56. The highest BCUT2D eigenvalue weighted by atomic mass is 15.2. The van der Waals surface area contributed by atoms with Crippen molar-refractivity contribution >= 4 is 74.0 Å². The van der Waals surface area contributed by atoms with Gasteiger partial charge in [-0.3, -0.25) is 0 Å². The molecule has 0 saturated heterocycles. The van der Waals surface area contributed by atoms with Crippen LogP contribution in [-0.4, -0.2) is 13.4 Å². The Morgan fingerprint density at radius 2 is 0.770 bits per heavy atom. The number of benzene rings is 8. The summed E-state index contributed by atoms with van der Waals surface area (Å²) in [6.07, 6.45) is 0. The zero-order valence-electron chi connectivity index (χ0n) is 38.2. The second kappa shape index (κ2) is 15.4. The Morgan fingerprint density at radius 1 is 0.344 bits per heavy atom. The van der Waals surface area contributed by atoms with E-state index in [1.54, 1.807) is 0 Å². The minimum Gasteiger partial charge on any atom is -0.309 e. The quantitative estimate of drug-likeness (QED) is 0.145. The summed E-state index contributed by atoms with van der Waals surface area (Å²) in [4.78, 5) is 2.54. The predicted octanol–water partition coefficient (Wildman–Crippen LogP) is 11.0. The van der Waals surface area contributed by atoms with E-state index in [9.17, 15) is 0 Å². The van der Waals surface area contributed by atoms with Crippen LogP contribution >= 0.6 is 0 Å². The van der Waals surface area contributed by atoms with Crippen LogP contribution in [0.2, 0.25) is 0 Å². The van der Waals surface area contributed by atoms with Gasteiger partial charge >= 0.3 is 0 Å². The predicted molar refractivity (Wildman–Crippen MR) is 270 cm³/mol. The lowest BCUT2D eigenvalue weighted by Gasteiger charge is -2.35. The van der Waals surface area contributed by atoms with Crippen LogP contribution in [0.15, 0.2) is 127 Å². The molecule has 0 radical (unpaired) electrons. The topological polar surface area (TPSA) is 3.24 Å². The molecule has 0 unspecified atom stereocenters. The highest BCUT2D eigenvalue weighted by Gasteiger charge is 2.35. The first kappa shape index (κ1) is 40.4. The van der Waals surface area contributed by atoms with E-state index in [1.165, 1.54) is 138 Å². The van der Waals surface area contributed by atoms with E-state index in [0.29, 0.717) is 0 Å². The van der Waals surface area contributed by atoms with Crippen LogP contribution in [0.25, 0.3) is 21.9 Å². The second-order valence-corrected chi connectivity index (χ2v) is 18.5. The van der Waals surface area contributed by atoms with Gasteiger partial charge in [0.2, 0.25) is 13.4 Å². The molecule has 61 heavy (non-hydrogen) atoms. The molecule has 1 aliphatic heterocycles. The second-order valence-electron chi connectivity index (χ2n) is 18.5. The highest BCUT2D eigenvalue weighted by Crippen LogP contribution is 2.50. The fourth-order valence-corrected chi connectivity index (χ4v) is 11.7. The molecule has 0 aromatic heterocycles. The van der Waals surface area contributed by atoms with Crippen molar-refractivity contribution in [2.75, 3.05) is 4.90 Å². The molecule has 8 aromatic rings. The maximum atomic E-state index is 2.54. The lowest BCUT2D eigenvalue weighted by molar-refractivity contribution is 1.29. The standard InChI is InChI=1S/C58H57B2N/c1-34-25-38(5)55(39(6)26-34)59(56-40(7)27-35(2)28-41(56)8)46-21-22-48-49-23-24-51(50-19-16-20-52(54(49)50)61(53(48)33-46)47-17-14-13-15-18-47)60(57-42(9)29-36(3)30-43(57)10)58-44(11)31-37(4)32-45(58)12/h13-33H,1-12H3. The van der Waals surface area contributed by atoms with Crippen molar-refractivity contribution in [2.24, 2.45) is 0 Å². The Hall–Kier alpha value is -6.05. The molecular formula is C58H57B2N. The number of fused-ring (bicyclic) bond motifs is 2. The zero-order chi connectivity index (χ0) is 43.0. The van der Waals surface area contributed by atoms with E-state index in [-0.39, 0.29) is 13.4 Å². The summed E-state index contributed by atoms with van der Waals surface area (Å²) in [5.41, 5.74) is 30.5. The van der Waals surface area contributed by atoms with Gasteiger partial charge in [0, 0.05) is 16.6 Å². The number of hydrogen-bond acceptors (Lipinski definition) is 1. The first-order valence-electron chi connectivity index (χ1n) is 22.1. The van der Waals surface area contributed by atoms with Gasteiger partial charge < -0.3 is 4.90 Å². The first-order chi connectivity index (χ1) is 29.2. The van der Waals surface area contributed by atoms with Crippen LogP contribution < -0.4 is 37.7 Å². The molecule has 0 N–H and O–H groups in total. The SMILES string of the molecule is Cc1cc(C)c(B(c2ccc3c(c2)N(c2ccccc2)c2cccc4c(B(c5c(C)cc(C)cc5C)c5c(C)cc(C)cc5C)ccc-3c24)c2c(C)cc(C)cc2C)c(C)c1. The Kier molecular flexibility index (Phi) is 10.2. The van der Waals surface area contributed by atoms with Crippen LogP contribution in [0.4, 0.5) is 17.1 Å². The molecule has 1 nitrogen and oxygen atoms in total. The molecule has 0 fully saturated rings. The number of para-hydroxylation sites is 1. The summed E-state index contributed by atoms with van der Waals surface area (Å²) in [6.45, 7) is 27.5. The number of hydrogen-bond donors (Lipinski definition) is 0. The van der Waals surface area contributed by atoms with Gasteiger partial charge in [0.25, 0.3) is 0 Å². The van der Waals surface area contributed by atoms with Crippen LogP contribution in [0, 0.1) is 83.1 Å². The van der Waals surface area contributed by atoms with Gasteiger partial charge in [0.15, 0.2) is 0 Å². The highest BCUT2D eigenvalue weighted by molar-refractivity contribution is 6.98. The maximum Gasteiger partial charge on any atom is 0.243 e. The molecule has 300 valence electrons. The van der Waals surface area contributed by atoms with Crippen molar-refractivity contribution in [2.45, 2.75) is 83.1 Å². The van der Waals surface area contributed by atoms with E-state index in [4.69, 9.17) is 0 Å². The molecule has 0 amide bonds. The summed E-state index contributed by atoms with van der Waals surface area (Å²) in [7, 11) is 0. The Bertz CT molecular complexity index is 2860. The maximum absolute atomic E-state index is 2.54. The molecule has 8 aromatic carbocycles. The smallest absolute Gasteiger partial charge is 0.243 e. The van der Waals surface area contributed by atoms with Crippen molar-refractivity contribution in [3.63, 3.8) is 0 Å². The fourth-order valence-electron chi connectivity index (χ4n) is 11.7. The molecular weight excluding hydrogens is 732 g/mol. The van der Waals surface area contributed by atoms with Crippen LogP contribution in [-0.2, 0) is 0 Å². The van der Waals surface area contributed by atoms with E-state index in [1.807, 2.05) is 0 Å². The molecule has 0 aliphatic carbocycles.